The van der Waals surface area contributed by atoms with Gasteiger partial charge in [-0.15, -0.1) is 11.3 Å². The summed E-state index contributed by atoms with van der Waals surface area (Å²) in [5.74, 6) is 0.675. The smallest absolute Gasteiger partial charge is 0.320 e. The number of urea groups is 1. The lowest BCUT2D eigenvalue weighted by molar-refractivity contribution is 0.252. The Hall–Kier alpha value is -1.53. The van der Waals surface area contributed by atoms with E-state index in [9.17, 15) is 4.79 Å². The molecule has 0 atom stereocenters. The number of aromatic nitrogens is 2. The molecule has 0 fully saturated rings. The molecule has 2 aromatic heterocycles. The summed E-state index contributed by atoms with van der Waals surface area (Å²) in [7, 11) is 1.79. The van der Waals surface area contributed by atoms with Crippen molar-refractivity contribution in [2.75, 3.05) is 11.9 Å². The average molecular weight is 299 g/mol. The second kappa shape index (κ2) is 6.08. The molecule has 0 aromatic carbocycles. The van der Waals surface area contributed by atoms with Crippen LogP contribution in [0.15, 0.2) is 18.2 Å². The molecular formula is C12H15ClN4OS. The molecule has 0 bridgehead atoms. The van der Waals surface area contributed by atoms with Gasteiger partial charge in [0.1, 0.15) is 5.82 Å². The monoisotopic (exact) mass is 298 g/mol. The van der Waals surface area contributed by atoms with Gasteiger partial charge in [-0.25, -0.2) is 4.79 Å². The summed E-state index contributed by atoms with van der Waals surface area (Å²) in [6.45, 7) is 2.45. The molecule has 2 aromatic rings. The lowest BCUT2D eigenvalue weighted by atomic mass is 10.3. The van der Waals surface area contributed by atoms with Gasteiger partial charge in [0.25, 0.3) is 0 Å². The van der Waals surface area contributed by atoms with Crippen molar-refractivity contribution in [2.45, 2.75) is 13.3 Å². The van der Waals surface area contributed by atoms with Crippen LogP contribution in [-0.2, 0) is 13.5 Å². The van der Waals surface area contributed by atoms with E-state index in [1.165, 1.54) is 11.3 Å². The molecule has 19 heavy (non-hydrogen) atoms. The van der Waals surface area contributed by atoms with Gasteiger partial charge in [0, 0.05) is 24.5 Å². The topological polar surface area (TPSA) is 59.0 Å². The molecule has 7 heteroatoms. The summed E-state index contributed by atoms with van der Waals surface area (Å²) in [5, 5.41) is 9.70. The second-order valence-corrected chi connectivity index (χ2v) is 5.93. The number of nitrogens with zero attached hydrogens (tertiary/aromatic N) is 2. The van der Waals surface area contributed by atoms with Gasteiger partial charge in [0.05, 0.1) is 10.0 Å². The summed E-state index contributed by atoms with van der Waals surface area (Å²) in [5.41, 5.74) is 0.867. The van der Waals surface area contributed by atoms with Crippen molar-refractivity contribution in [3.63, 3.8) is 0 Å². The van der Waals surface area contributed by atoms with Crippen molar-refractivity contribution < 1.29 is 4.79 Å². The molecule has 0 saturated carbocycles. The molecular weight excluding hydrogens is 284 g/mol. The third-order valence-electron chi connectivity index (χ3n) is 2.53. The summed E-state index contributed by atoms with van der Waals surface area (Å²) < 4.78 is 2.40. The Bertz CT molecular complexity index is 578. The van der Waals surface area contributed by atoms with Gasteiger partial charge >= 0.3 is 6.03 Å². The normalized spacial score (nSPS) is 10.5. The van der Waals surface area contributed by atoms with Gasteiger partial charge in [-0.3, -0.25) is 10.00 Å². The Morgan fingerprint density at radius 1 is 1.53 bits per heavy atom. The van der Waals surface area contributed by atoms with Gasteiger partial charge in [0.15, 0.2) is 0 Å². The minimum absolute atomic E-state index is 0.231. The zero-order valence-corrected chi connectivity index (χ0v) is 12.3. The lowest BCUT2D eigenvalue weighted by Gasteiger charge is -2.06. The highest BCUT2D eigenvalue weighted by Gasteiger charge is 2.06. The number of hydrogen-bond donors (Lipinski definition) is 2. The molecule has 2 N–H and O–H groups in total. The molecule has 0 saturated heterocycles. The van der Waals surface area contributed by atoms with Gasteiger partial charge in [0.2, 0.25) is 0 Å². The first-order valence-corrected chi connectivity index (χ1v) is 7.04. The number of hydrogen-bond acceptors (Lipinski definition) is 3. The Balaban J connectivity index is 1.77. The maximum atomic E-state index is 11.7. The number of halogens is 1. The zero-order valence-electron chi connectivity index (χ0n) is 10.7. The highest BCUT2D eigenvalue weighted by atomic mass is 35.5. The van der Waals surface area contributed by atoms with Crippen molar-refractivity contribution in [3.8, 4) is 0 Å². The van der Waals surface area contributed by atoms with E-state index in [2.05, 4.69) is 15.7 Å². The molecule has 0 aliphatic heterocycles. The SMILES string of the molecule is Cc1cc(NC(=O)NCCc2ccc(Cl)s2)n(C)n1. The highest BCUT2D eigenvalue weighted by Crippen LogP contribution is 2.21. The van der Waals surface area contributed by atoms with E-state index in [0.29, 0.717) is 12.4 Å². The third kappa shape index (κ3) is 3.97. The summed E-state index contributed by atoms with van der Waals surface area (Å²) >= 11 is 7.37. The predicted molar refractivity (Wildman–Crippen MR) is 78.0 cm³/mol. The van der Waals surface area contributed by atoms with Crippen LogP contribution in [0, 0.1) is 6.92 Å². The van der Waals surface area contributed by atoms with Crippen LogP contribution in [0.3, 0.4) is 0 Å². The number of carbonyl (C=O) groups is 1. The standard InChI is InChI=1S/C12H15ClN4OS/c1-8-7-11(17(2)16-8)15-12(18)14-6-5-9-3-4-10(13)19-9/h3-4,7H,5-6H2,1-2H3,(H2,14,15,18). The Labute approximate surface area is 120 Å². The van der Waals surface area contributed by atoms with Crippen LogP contribution in [0.4, 0.5) is 10.6 Å². The fraction of sp³-hybridized carbons (Fsp3) is 0.333. The first-order valence-electron chi connectivity index (χ1n) is 5.84. The van der Waals surface area contributed by atoms with Crippen LogP contribution in [0.5, 0.6) is 0 Å². The van der Waals surface area contributed by atoms with E-state index in [0.717, 1.165) is 21.3 Å². The van der Waals surface area contributed by atoms with Crippen molar-refractivity contribution >= 4 is 34.8 Å². The van der Waals surface area contributed by atoms with Crippen molar-refractivity contribution in [1.29, 1.82) is 0 Å². The molecule has 0 radical (unpaired) electrons. The van der Waals surface area contributed by atoms with Crippen molar-refractivity contribution in [3.05, 3.63) is 33.1 Å². The molecule has 0 spiro atoms. The zero-order chi connectivity index (χ0) is 13.8. The second-order valence-electron chi connectivity index (χ2n) is 4.13. The molecule has 2 heterocycles. The van der Waals surface area contributed by atoms with Crippen LogP contribution in [0.2, 0.25) is 4.34 Å². The van der Waals surface area contributed by atoms with Gasteiger partial charge in [-0.05, 0) is 25.5 Å². The maximum Gasteiger partial charge on any atom is 0.320 e. The fourth-order valence-electron chi connectivity index (χ4n) is 1.67. The number of amides is 2. The van der Waals surface area contributed by atoms with E-state index < -0.39 is 0 Å². The molecule has 2 rings (SSSR count). The number of anilines is 1. The van der Waals surface area contributed by atoms with Gasteiger partial charge in [-0.2, -0.15) is 5.10 Å². The van der Waals surface area contributed by atoms with E-state index >= 15 is 0 Å². The van der Waals surface area contributed by atoms with E-state index in [1.807, 2.05) is 25.1 Å². The van der Waals surface area contributed by atoms with Crippen LogP contribution in [-0.4, -0.2) is 22.4 Å². The molecule has 5 nitrogen and oxygen atoms in total. The van der Waals surface area contributed by atoms with E-state index in [4.69, 9.17) is 11.6 Å². The number of carbonyl (C=O) groups excluding carboxylic acids is 1. The molecule has 0 unspecified atom stereocenters. The predicted octanol–water partition coefficient (Wildman–Crippen LogP) is 2.81. The largest absolute Gasteiger partial charge is 0.337 e. The van der Waals surface area contributed by atoms with Crippen LogP contribution in [0.25, 0.3) is 0 Å². The highest BCUT2D eigenvalue weighted by molar-refractivity contribution is 7.16. The van der Waals surface area contributed by atoms with Crippen molar-refractivity contribution in [2.24, 2.45) is 7.05 Å². The first kappa shape index (κ1) is 13.9. The van der Waals surface area contributed by atoms with Crippen LogP contribution < -0.4 is 10.6 Å². The number of nitrogens with one attached hydrogen (secondary N) is 2. The van der Waals surface area contributed by atoms with E-state index in [1.54, 1.807) is 11.7 Å². The average Bonchev–Trinajstić information content (AvgIpc) is 2.86. The minimum Gasteiger partial charge on any atom is -0.337 e. The first-order chi connectivity index (χ1) is 9.04. The van der Waals surface area contributed by atoms with Gasteiger partial charge in [-0.1, -0.05) is 11.6 Å². The maximum absolute atomic E-state index is 11.7. The quantitative estimate of drug-likeness (QED) is 0.912. The number of thiophene rings is 1. The van der Waals surface area contributed by atoms with E-state index in [-0.39, 0.29) is 6.03 Å². The summed E-state index contributed by atoms with van der Waals surface area (Å²) in [6, 6.07) is 5.42. The van der Waals surface area contributed by atoms with Crippen LogP contribution in [0.1, 0.15) is 10.6 Å². The Kier molecular flexibility index (Phi) is 4.44. The van der Waals surface area contributed by atoms with Gasteiger partial charge < -0.3 is 5.32 Å². The van der Waals surface area contributed by atoms with Crippen molar-refractivity contribution in [1.82, 2.24) is 15.1 Å². The Morgan fingerprint density at radius 2 is 2.32 bits per heavy atom. The number of rotatable bonds is 4. The number of aryl methyl sites for hydroxylation is 2. The molecule has 2 amide bonds. The minimum atomic E-state index is -0.231. The summed E-state index contributed by atoms with van der Waals surface area (Å²) in [4.78, 5) is 12.8. The lowest BCUT2D eigenvalue weighted by Crippen LogP contribution is -2.31. The fourth-order valence-corrected chi connectivity index (χ4v) is 2.76. The van der Waals surface area contributed by atoms with Crippen LogP contribution >= 0.6 is 22.9 Å². The third-order valence-corrected chi connectivity index (χ3v) is 3.82. The summed E-state index contributed by atoms with van der Waals surface area (Å²) in [6.07, 6.45) is 0.773. The molecule has 0 aliphatic carbocycles. The molecule has 102 valence electrons. The molecule has 0 aliphatic rings. The Morgan fingerprint density at radius 3 is 2.89 bits per heavy atom.